The first kappa shape index (κ1) is 10.7. The first-order valence-electron chi connectivity index (χ1n) is 4.50. The number of alkyl halides is 1. The van der Waals surface area contributed by atoms with Gasteiger partial charge in [-0.05, 0) is 11.8 Å². The van der Waals surface area contributed by atoms with E-state index >= 15 is 0 Å². The minimum Gasteiger partial charge on any atom is -0.253 e. The van der Waals surface area contributed by atoms with Crippen molar-refractivity contribution in [2.24, 2.45) is 12.5 Å². The van der Waals surface area contributed by atoms with Crippen LogP contribution in [0.25, 0.3) is 0 Å². The summed E-state index contributed by atoms with van der Waals surface area (Å²) in [7, 11) is 1.94. The molecule has 3 nitrogen and oxygen atoms in total. The molecule has 74 valence electrons. The van der Waals surface area contributed by atoms with Crippen molar-refractivity contribution in [1.29, 1.82) is 0 Å². The molecule has 1 aromatic heterocycles. The lowest BCUT2D eigenvalue weighted by Crippen LogP contribution is -2.22. The molecular formula is C9H16BrN3. The van der Waals surface area contributed by atoms with E-state index in [4.69, 9.17) is 0 Å². The van der Waals surface area contributed by atoms with E-state index in [0.717, 1.165) is 24.0 Å². The second kappa shape index (κ2) is 4.22. The Morgan fingerprint density at radius 1 is 1.62 bits per heavy atom. The van der Waals surface area contributed by atoms with E-state index in [-0.39, 0.29) is 0 Å². The van der Waals surface area contributed by atoms with Gasteiger partial charge in [-0.2, -0.15) is 5.10 Å². The van der Waals surface area contributed by atoms with Crippen molar-refractivity contribution >= 4 is 15.9 Å². The van der Waals surface area contributed by atoms with E-state index in [1.54, 1.807) is 6.33 Å². The molecule has 1 unspecified atom stereocenters. The average Bonchev–Trinajstić information content (AvgIpc) is 2.52. The summed E-state index contributed by atoms with van der Waals surface area (Å²) in [4.78, 5) is 4.23. The van der Waals surface area contributed by atoms with Crippen molar-refractivity contribution in [3.8, 4) is 0 Å². The summed E-state index contributed by atoms with van der Waals surface area (Å²) < 4.78 is 1.84. The molecular weight excluding hydrogens is 230 g/mol. The molecule has 0 aliphatic rings. The van der Waals surface area contributed by atoms with Crippen LogP contribution in [0.3, 0.4) is 0 Å². The van der Waals surface area contributed by atoms with Crippen molar-refractivity contribution in [1.82, 2.24) is 14.8 Å². The number of aromatic nitrogens is 3. The normalized spacial score (nSPS) is 15.7. The lowest BCUT2D eigenvalue weighted by atomic mass is 9.86. The largest absolute Gasteiger partial charge is 0.253 e. The highest BCUT2D eigenvalue weighted by atomic mass is 79.9. The molecule has 0 aliphatic heterocycles. The van der Waals surface area contributed by atoms with Gasteiger partial charge in [-0.3, -0.25) is 4.68 Å². The summed E-state index contributed by atoms with van der Waals surface area (Å²) in [6.45, 7) is 4.47. The maximum Gasteiger partial charge on any atom is 0.138 e. The lowest BCUT2D eigenvalue weighted by molar-refractivity contribution is 0.347. The van der Waals surface area contributed by atoms with Crippen molar-refractivity contribution in [2.45, 2.75) is 26.7 Å². The van der Waals surface area contributed by atoms with Crippen LogP contribution >= 0.6 is 15.9 Å². The molecule has 1 atom stereocenters. The molecule has 13 heavy (non-hydrogen) atoms. The fraction of sp³-hybridized carbons (Fsp3) is 0.778. The fourth-order valence-corrected chi connectivity index (χ4v) is 1.72. The van der Waals surface area contributed by atoms with Crippen molar-refractivity contribution < 1.29 is 0 Å². The zero-order valence-electron chi connectivity index (χ0n) is 8.42. The Hall–Kier alpha value is -0.380. The molecule has 0 amide bonds. The predicted octanol–water partition coefficient (Wildman–Crippen LogP) is 2.17. The molecule has 0 N–H and O–H groups in total. The first-order chi connectivity index (χ1) is 6.11. The van der Waals surface area contributed by atoms with Gasteiger partial charge in [-0.15, -0.1) is 0 Å². The summed E-state index contributed by atoms with van der Waals surface area (Å²) in [6.07, 6.45) is 3.73. The molecule has 0 spiro atoms. The second-order valence-electron chi connectivity index (χ2n) is 3.77. The van der Waals surface area contributed by atoms with Gasteiger partial charge in [0.2, 0.25) is 0 Å². The van der Waals surface area contributed by atoms with Crippen LogP contribution in [0.1, 0.15) is 26.1 Å². The van der Waals surface area contributed by atoms with Crippen LogP contribution in [0.5, 0.6) is 0 Å². The molecule has 4 heteroatoms. The van der Waals surface area contributed by atoms with E-state index in [9.17, 15) is 0 Å². The number of rotatable bonds is 4. The third-order valence-electron chi connectivity index (χ3n) is 2.57. The summed E-state index contributed by atoms with van der Waals surface area (Å²) >= 11 is 3.55. The number of hydrogen-bond acceptors (Lipinski definition) is 2. The van der Waals surface area contributed by atoms with Gasteiger partial charge in [0.1, 0.15) is 12.2 Å². The zero-order valence-corrected chi connectivity index (χ0v) is 10.0. The molecule has 1 heterocycles. The maximum absolute atomic E-state index is 4.23. The van der Waals surface area contributed by atoms with Crippen LogP contribution in [0, 0.1) is 5.41 Å². The minimum absolute atomic E-state index is 0.292. The second-order valence-corrected chi connectivity index (χ2v) is 4.34. The quantitative estimate of drug-likeness (QED) is 0.762. The van der Waals surface area contributed by atoms with Gasteiger partial charge in [0.05, 0.1) is 0 Å². The average molecular weight is 246 g/mol. The minimum atomic E-state index is 0.292. The van der Waals surface area contributed by atoms with Gasteiger partial charge in [-0.1, -0.05) is 29.8 Å². The number of hydrogen-bond donors (Lipinski definition) is 0. The Morgan fingerprint density at radius 3 is 2.69 bits per heavy atom. The van der Waals surface area contributed by atoms with Gasteiger partial charge >= 0.3 is 0 Å². The summed E-state index contributed by atoms with van der Waals surface area (Å²) in [5, 5.41) is 5.06. The van der Waals surface area contributed by atoms with Crippen molar-refractivity contribution in [3.05, 3.63) is 12.2 Å². The highest BCUT2D eigenvalue weighted by Crippen LogP contribution is 2.27. The third-order valence-corrected chi connectivity index (χ3v) is 3.92. The molecule has 0 aliphatic carbocycles. The van der Waals surface area contributed by atoms with Gasteiger partial charge < -0.3 is 0 Å². The van der Waals surface area contributed by atoms with Crippen LogP contribution < -0.4 is 0 Å². The van der Waals surface area contributed by atoms with Crippen molar-refractivity contribution in [2.75, 3.05) is 5.33 Å². The van der Waals surface area contributed by atoms with Gasteiger partial charge in [0.15, 0.2) is 0 Å². The summed E-state index contributed by atoms with van der Waals surface area (Å²) in [5.74, 6) is 1.06. The van der Waals surface area contributed by atoms with Crippen LogP contribution in [0.2, 0.25) is 0 Å². The van der Waals surface area contributed by atoms with E-state index in [1.165, 1.54) is 0 Å². The first-order valence-corrected chi connectivity index (χ1v) is 5.62. The Kier molecular flexibility index (Phi) is 3.47. The standard InChI is InChI=1S/C9H16BrN3/c1-4-9(2,6-10)5-8-11-7-12-13(8)3/h7H,4-6H2,1-3H3. The van der Waals surface area contributed by atoms with Crippen LogP contribution in [-0.4, -0.2) is 20.1 Å². The van der Waals surface area contributed by atoms with E-state index in [1.807, 2.05) is 11.7 Å². The Morgan fingerprint density at radius 2 is 2.31 bits per heavy atom. The molecule has 0 radical (unpaired) electrons. The topological polar surface area (TPSA) is 30.7 Å². The Balaban J connectivity index is 2.73. The highest BCUT2D eigenvalue weighted by molar-refractivity contribution is 9.09. The number of halogens is 1. The fourth-order valence-electron chi connectivity index (χ4n) is 1.13. The Labute approximate surface area is 87.7 Å². The van der Waals surface area contributed by atoms with E-state index < -0.39 is 0 Å². The van der Waals surface area contributed by atoms with Crippen LogP contribution in [0.4, 0.5) is 0 Å². The van der Waals surface area contributed by atoms with Gasteiger partial charge in [-0.25, -0.2) is 4.98 Å². The van der Waals surface area contributed by atoms with E-state index in [0.29, 0.717) is 5.41 Å². The summed E-state index contributed by atoms with van der Waals surface area (Å²) in [6, 6.07) is 0. The smallest absolute Gasteiger partial charge is 0.138 e. The molecule has 0 aromatic carbocycles. The zero-order chi connectivity index (χ0) is 9.90. The molecule has 0 saturated heterocycles. The maximum atomic E-state index is 4.23. The Bertz CT molecular complexity index is 266. The van der Waals surface area contributed by atoms with Crippen LogP contribution in [0.15, 0.2) is 6.33 Å². The highest BCUT2D eigenvalue weighted by Gasteiger charge is 2.23. The van der Waals surface area contributed by atoms with Crippen molar-refractivity contribution in [3.63, 3.8) is 0 Å². The van der Waals surface area contributed by atoms with Crippen LogP contribution in [-0.2, 0) is 13.5 Å². The molecule has 0 saturated carbocycles. The molecule has 1 rings (SSSR count). The molecule has 1 aromatic rings. The SMILES string of the molecule is CCC(C)(CBr)Cc1ncnn1C. The van der Waals surface area contributed by atoms with Gasteiger partial charge in [0.25, 0.3) is 0 Å². The predicted molar refractivity (Wildman–Crippen MR) is 56.9 cm³/mol. The molecule has 0 bridgehead atoms. The number of nitrogens with zero attached hydrogens (tertiary/aromatic N) is 3. The van der Waals surface area contributed by atoms with E-state index in [2.05, 4.69) is 39.9 Å². The monoisotopic (exact) mass is 245 g/mol. The lowest BCUT2D eigenvalue weighted by Gasteiger charge is -2.24. The van der Waals surface area contributed by atoms with Gasteiger partial charge in [0, 0.05) is 18.8 Å². The molecule has 0 fully saturated rings. The number of aryl methyl sites for hydroxylation is 1. The summed E-state index contributed by atoms with van der Waals surface area (Å²) in [5.41, 5.74) is 0.292. The third kappa shape index (κ3) is 2.53.